The van der Waals surface area contributed by atoms with Crippen LogP contribution in [0.25, 0.3) is 21.9 Å². The molecular formula is C23H29N3O2. The monoisotopic (exact) mass is 379 g/mol. The first kappa shape index (κ1) is 18.9. The molecule has 1 N–H and O–H groups in total. The van der Waals surface area contributed by atoms with Crippen molar-refractivity contribution in [2.24, 2.45) is 0 Å². The normalized spacial score (nSPS) is 20.7. The summed E-state index contributed by atoms with van der Waals surface area (Å²) in [6, 6.07) is 11.0. The van der Waals surface area contributed by atoms with Crippen molar-refractivity contribution in [3.8, 4) is 0 Å². The average molecular weight is 380 g/mol. The SMILES string of the molecule is Cc1nc2ccccc2c2oc(C(=O)NCCCN3C(C)CCCC3C)cc12. The molecule has 5 nitrogen and oxygen atoms in total. The molecule has 0 bridgehead atoms. The Labute approximate surface area is 166 Å². The maximum atomic E-state index is 12.6. The third kappa shape index (κ3) is 3.63. The molecule has 1 amide bonds. The highest BCUT2D eigenvalue weighted by Crippen LogP contribution is 2.29. The van der Waals surface area contributed by atoms with Crippen LogP contribution in [0.2, 0.25) is 0 Å². The predicted octanol–water partition coefficient (Wildman–Crippen LogP) is 4.67. The Bertz CT molecular complexity index is 984. The smallest absolute Gasteiger partial charge is 0.287 e. The third-order valence-electron chi connectivity index (χ3n) is 6.04. The van der Waals surface area contributed by atoms with E-state index in [1.54, 1.807) is 0 Å². The predicted molar refractivity (Wildman–Crippen MR) is 113 cm³/mol. The van der Waals surface area contributed by atoms with Gasteiger partial charge in [-0.1, -0.05) is 18.6 Å². The van der Waals surface area contributed by atoms with Crippen LogP contribution >= 0.6 is 0 Å². The number of nitrogens with one attached hydrogen (secondary N) is 1. The number of hydrogen-bond donors (Lipinski definition) is 1. The van der Waals surface area contributed by atoms with Crippen LogP contribution < -0.4 is 5.32 Å². The van der Waals surface area contributed by atoms with Gasteiger partial charge < -0.3 is 9.73 Å². The van der Waals surface area contributed by atoms with Crippen molar-refractivity contribution in [1.82, 2.24) is 15.2 Å². The number of furan rings is 1. The zero-order valence-electron chi connectivity index (χ0n) is 17.0. The van der Waals surface area contributed by atoms with Gasteiger partial charge in [0.1, 0.15) is 5.58 Å². The number of nitrogens with zero attached hydrogens (tertiary/aromatic N) is 2. The van der Waals surface area contributed by atoms with E-state index in [9.17, 15) is 4.79 Å². The van der Waals surface area contributed by atoms with Crippen LogP contribution in [0, 0.1) is 6.92 Å². The summed E-state index contributed by atoms with van der Waals surface area (Å²) in [5.74, 6) is 0.204. The van der Waals surface area contributed by atoms with E-state index in [0.717, 1.165) is 40.5 Å². The lowest BCUT2D eigenvalue weighted by Gasteiger charge is -2.39. The minimum Gasteiger partial charge on any atom is -0.450 e. The molecular weight excluding hydrogens is 350 g/mol. The zero-order valence-corrected chi connectivity index (χ0v) is 17.0. The minimum atomic E-state index is -0.153. The molecule has 3 heterocycles. The van der Waals surface area contributed by atoms with Gasteiger partial charge >= 0.3 is 0 Å². The number of fused-ring (bicyclic) bond motifs is 3. The highest BCUT2D eigenvalue weighted by Gasteiger charge is 2.24. The third-order valence-corrected chi connectivity index (χ3v) is 6.04. The molecule has 5 heteroatoms. The van der Waals surface area contributed by atoms with Crippen molar-refractivity contribution in [2.75, 3.05) is 13.1 Å². The summed E-state index contributed by atoms with van der Waals surface area (Å²) in [6.07, 6.45) is 4.82. The molecule has 28 heavy (non-hydrogen) atoms. The molecule has 0 spiro atoms. The number of rotatable bonds is 5. The molecule has 148 valence electrons. The summed E-state index contributed by atoms with van der Waals surface area (Å²) >= 11 is 0. The van der Waals surface area contributed by atoms with Crippen LogP contribution in [0.15, 0.2) is 34.7 Å². The summed E-state index contributed by atoms with van der Waals surface area (Å²) in [5.41, 5.74) is 2.51. The lowest BCUT2D eigenvalue weighted by Crippen LogP contribution is -2.44. The largest absolute Gasteiger partial charge is 0.450 e. The lowest BCUT2D eigenvalue weighted by molar-refractivity contribution is 0.0904. The lowest BCUT2D eigenvalue weighted by atomic mass is 9.97. The maximum Gasteiger partial charge on any atom is 0.287 e. The topological polar surface area (TPSA) is 58.4 Å². The molecule has 2 aromatic heterocycles. The van der Waals surface area contributed by atoms with Gasteiger partial charge in [-0.05, 0) is 58.2 Å². The molecule has 0 radical (unpaired) electrons. The molecule has 2 unspecified atom stereocenters. The molecule has 0 aliphatic carbocycles. The van der Waals surface area contributed by atoms with Crippen LogP contribution in [0.1, 0.15) is 55.8 Å². The van der Waals surface area contributed by atoms with E-state index in [1.165, 1.54) is 19.3 Å². The number of aromatic nitrogens is 1. The zero-order chi connectivity index (χ0) is 19.7. The van der Waals surface area contributed by atoms with Crippen molar-refractivity contribution in [3.63, 3.8) is 0 Å². The minimum absolute atomic E-state index is 0.153. The Morgan fingerprint density at radius 2 is 1.96 bits per heavy atom. The van der Waals surface area contributed by atoms with Gasteiger partial charge in [-0.2, -0.15) is 0 Å². The summed E-state index contributed by atoms with van der Waals surface area (Å²) in [7, 11) is 0. The second-order valence-electron chi connectivity index (χ2n) is 8.04. The van der Waals surface area contributed by atoms with Gasteiger partial charge in [0, 0.05) is 41.6 Å². The van der Waals surface area contributed by atoms with E-state index >= 15 is 0 Å². The molecule has 0 saturated carbocycles. The fraction of sp³-hybridized carbons (Fsp3) is 0.478. The first-order valence-electron chi connectivity index (χ1n) is 10.4. The van der Waals surface area contributed by atoms with Gasteiger partial charge in [-0.15, -0.1) is 0 Å². The van der Waals surface area contributed by atoms with E-state index in [2.05, 4.69) is 29.0 Å². The number of piperidine rings is 1. The summed E-state index contributed by atoms with van der Waals surface area (Å²) in [6.45, 7) is 8.25. The number of carbonyl (C=O) groups is 1. The van der Waals surface area contributed by atoms with Gasteiger partial charge in [0.05, 0.1) is 5.52 Å². The Morgan fingerprint density at radius 1 is 1.21 bits per heavy atom. The van der Waals surface area contributed by atoms with Crippen LogP contribution in [-0.4, -0.2) is 41.0 Å². The van der Waals surface area contributed by atoms with E-state index in [0.29, 0.717) is 24.4 Å². The quantitative estimate of drug-likeness (QED) is 0.655. The molecule has 1 saturated heterocycles. The standard InChI is InChI=1S/C23H29N3O2/c1-15-8-6-9-16(2)26(15)13-7-12-24-23(27)21-14-19-17(3)25-20-11-5-4-10-18(20)22(19)28-21/h4-5,10-11,14-16H,6-9,12-13H2,1-3H3,(H,24,27). The number of amides is 1. The Balaban J connectivity index is 1.42. The van der Waals surface area contributed by atoms with Crippen LogP contribution in [0.3, 0.4) is 0 Å². The number of benzene rings is 1. The number of para-hydroxylation sites is 1. The average Bonchev–Trinajstić information content (AvgIpc) is 3.13. The highest BCUT2D eigenvalue weighted by molar-refractivity contribution is 6.06. The summed E-state index contributed by atoms with van der Waals surface area (Å²) in [5, 5.41) is 4.86. The fourth-order valence-electron chi connectivity index (χ4n) is 4.44. The number of hydrogen-bond acceptors (Lipinski definition) is 4. The number of likely N-dealkylation sites (tertiary alicyclic amines) is 1. The first-order chi connectivity index (χ1) is 13.5. The maximum absolute atomic E-state index is 12.6. The van der Waals surface area contributed by atoms with Gasteiger partial charge in [-0.25, -0.2) is 0 Å². The van der Waals surface area contributed by atoms with Crippen molar-refractivity contribution in [1.29, 1.82) is 0 Å². The van der Waals surface area contributed by atoms with Crippen LogP contribution in [0.4, 0.5) is 0 Å². The molecule has 1 aromatic carbocycles. The fourth-order valence-corrected chi connectivity index (χ4v) is 4.44. The first-order valence-corrected chi connectivity index (χ1v) is 10.4. The van der Waals surface area contributed by atoms with Crippen LogP contribution in [-0.2, 0) is 0 Å². The summed E-state index contributed by atoms with van der Waals surface area (Å²) < 4.78 is 5.94. The molecule has 1 aliphatic heterocycles. The van der Waals surface area contributed by atoms with E-state index in [1.807, 2.05) is 37.3 Å². The summed E-state index contributed by atoms with van der Waals surface area (Å²) in [4.78, 5) is 19.8. The molecule has 1 fully saturated rings. The van der Waals surface area contributed by atoms with Crippen molar-refractivity contribution in [3.05, 3.63) is 41.8 Å². The van der Waals surface area contributed by atoms with Gasteiger partial charge in [-0.3, -0.25) is 14.7 Å². The Hall–Kier alpha value is -2.40. The molecule has 2 atom stereocenters. The van der Waals surface area contributed by atoms with E-state index in [-0.39, 0.29) is 5.91 Å². The van der Waals surface area contributed by atoms with Gasteiger partial charge in [0.15, 0.2) is 5.76 Å². The Morgan fingerprint density at radius 3 is 2.75 bits per heavy atom. The Kier molecular flexibility index (Phi) is 5.36. The van der Waals surface area contributed by atoms with Gasteiger partial charge in [0.2, 0.25) is 0 Å². The number of pyridine rings is 1. The highest BCUT2D eigenvalue weighted by atomic mass is 16.3. The second-order valence-corrected chi connectivity index (χ2v) is 8.04. The van der Waals surface area contributed by atoms with E-state index in [4.69, 9.17) is 4.42 Å². The number of aryl methyl sites for hydroxylation is 1. The van der Waals surface area contributed by atoms with Gasteiger partial charge in [0.25, 0.3) is 5.91 Å². The number of carbonyl (C=O) groups excluding carboxylic acids is 1. The van der Waals surface area contributed by atoms with Crippen molar-refractivity contribution in [2.45, 2.75) is 58.5 Å². The second kappa shape index (κ2) is 7.92. The van der Waals surface area contributed by atoms with Crippen molar-refractivity contribution < 1.29 is 9.21 Å². The molecule has 4 rings (SSSR count). The van der Waals surface area contributed by atoms with Crippen molar-refractivity contribution >= 4 is 27.8 Å². The molecule has 1 aliphatic rings. The molecule has 3 aromatic rings. The van der Waals surface area contributed by atoms with Crippen LogP contribution in [0.5, 0.6) is 0 Å². The van der Waals surface area contributed by atoms with E-state index < -0.39 is 0 Å².